The fourth-order valence-corrected chi connectivity index (χ4v) is 3.44. The third-order valence-corrected chi connectivity index (χ3v) is 4.91. The minimum absolute atomic E-state index is 0.0172. The van der Waals surface area contributed by atoms with E-state index in [0.717, 1.165) is 11.1 Å². The lowest BCUT2D eigenvalue weighted by atomic mass is 10.2. The summed E-state index contributed by atoms with van der Waals surface area (Å²) in [6.07, 6.45) is 1.67. The van der Waals surface area contributed by atoms with Crippen LogP contribution in [0.25, 0.3) is 5.65 Å². The van der Waals surface area contributed by atoms with E-state index in [1.807, 2.05) is 37.3 Å². The zero-order valence-electron chi connectivity index (χ0n) is 14.1. The van der Waals surface area contributed by atoms with E-state index in [0.29, 0.717) is 22.1 Å². The van der Waals surface area contributed by atoms with Crippen LogP contribution in [0.4, 0.5) is 0 Å². The van der Waals surface area contributed by atoms with Crippen LogP contribution in [0.3, 0.4) is 0 Å². The first kappa shape index (κ1) is 18.5. The molecule has 5 nitrogen and oxygen atoms in total. The molecule has 0 N–H and O–H groups in total. The number of carbonyl (C=O) groups is 1. The lowest BCUT2D eigenvalue weighted by Gasteiger charge is -2.07. The molecule has 0 radical (unpaired) electrons. The van der Waals surface area contributed by atoms with E-state index >= 15 is 0 Å². The number of pyridine rings is 1. The van der Waals surface area contributed by atoms with Crippen molar-refractivity contribution >= 4 is 35.0 Å². The van der Waals surface area contributed by atoms with Crippen LogP contribution in [0.5, 0.6) is 0 Å². The quantitative estimate of drug-likeness (QED) is 0.603. The van der Waals surface area contributed by atoms with E-state index < -0.39 is 0 Å². The molecule has 134 valence electrons. The number of hydrogen-bond acceptors (Lipinski definition) is 5. The van der Waals surface area contributed by atoms with Crippen LogP contribution in [-0.2, 0) is 21.9 Å². The summed E-state index contributed by atoms with van der Waals surface area (Å²) >= 11 is 7.38. The van der Waals surface area contributed by atoms with E-state index in [4.69, 9.17) is 16.3 Å². The van der Waals surface area contributed by atoms with Gasteiger partial charge in [-0.1, -0.05) is 29.8 Å². The summed E-state index contributed by atoms with van der Waals surface area (Å²) in [4.78, 5) is 28.4. The van der Waals surface area contributed by atoms with Gasteiger partial charge in [-0.3, -0.25) is 14.0 Å². The van der Waals surface area contributed by atoms with Gasteiger partial charge in [-0.05, 0) is 36.2 Å². The maximum Gasteiger partial charge on any atom is 0.316 e. The molecule has 0 amide bonds. The van der Waals surface area contributed by atoms with Crippen LogP contribution < -0.4 is 5.56 Å². The topological polar surface area (TPSA) is 60.7 Å². The number of nitrogens with zero attached hydrogens (tertiary/aromatic N) is 2. The minimum atomic E-state index is -0.344. The van der Waals surface area contributed by atoms with Crippen LogP contribution >= 0.6 is 23.4 Å². The largest absolute Gasteiger partial charge is 0.459 e. The van der Waals surface area contributed by atoms with Gasteiger partial charge in [0.05, 0.1) is 11.4 Å². The maximum absolute atomic E-state index is 12.1. The number of benzene rings is 1. The Bertz CT molecular complexity index is 1000. The lowest BCUT2D eigenvalue weighted by Crippen LogP contribution is -2.17. The summed E-state index contributed by atoms with van der Waals surface area (Å²) in [5.41, 5.74) is 2.75. The number of aryl methyl sites for hydroxylation is 1. The number of ether oxygens (including phenoxy) is 1. The Kier molecular flexibility index (Phi) is 5.96. The fourth-order valence-electron chi connectivity index (χ4n) is 2.46. The number of halogens is 1. The highest BCUT2D eigenvalue weighted by Crippen LogP contribution is 2.16. The summed E-state index contributed by atoms with van der Waals surface area (Å²) in [5, 5.41) is 0.676. The number of thioether (sulfide) groups is 1. The summed E-state index contributed by atoms with van der Waals surface area (Å²) < 4.78 is 6.71. The van der Waals surface area contributed by atoms with Gasteiger partial charge in [0.25, 0.3) is 5.56 Å². The highest BCUT2D eigenvalue weighted by Gasteiger charge is 2.08. The third kappa shape index (κ3) is 4.65. The van der Waals surface area contributed by atoms with Crippen molar-refractivity contribution in [3.8, 4) is 0 Å². The molecule has 0 atom stereocenters. The molecule has 0 aliphatic rings. The predicted molar refractivity (Wildman–Crippen MR) is 104 cm³/mol. The Hall–Kier alpha value is -2.31. The molecular formula is C19H17ClN2O3S. The highest BCUT2D eigenvalue weighted by atomic mass is 35.5. The number of hydrogen-bond donors (Lipinski definition) is 0. The Morgan fingerprint density at radius 3 is 2.92 bits per heavy atom. The van der Waals surface area contributed by atoms with Crippen LogP contribution in [0, 0.1) is 6.92 Å². The molecule has 0 saturated carbocycles. The van der Waals surface area contributed by atoms with Gasteiger partial charge in [-0.15, -0.1) is 11.8 Å². The smallest absolute Gasteiger partial charge is 0.316 e. The van der Waals surface area contributed by atoms with E-state index in [9.17, 15) is 9.59 Å². The van der Waals surface area contributed by atoms with E-state index in [1.165, 1.54) is 22.2 Å². The molecule has 0 aliphatic heterocycles. The van der Waals surface area contributed by atoms with Crippen LogP contribution in [0.1, 0.15) is 16.8 Å². The predicted octanol–water partition coefficient (Wildman–Crippen LogP) is 3.63. The van der Waals surface area contributed by atoms with Crippen LogP contribution in [0.15, 0.2) is 53.5 Å². The molecule has 1 aromatic carbocycles. The molecule has 0 fully saturated rings. The van der Waals surface area contributed by atoms with E-state index in [2.05, 4.69) is 4.98 Å². The van der Waals surface area contributed by atoms with Crippen molar-refractivity contribution in [3.63, 3.8) is 0 Å². The molecule has 0 unspecified atom stereocenters. The lowest BCUT2D eigenvalue weighted by molar-refractivity contribution is -0.141. The van der Waals surface area contributed by atoms with Gasteiger partial charge in [0, 0.05) is 23.0 Å². The van der Waals surface area contributed by atoms with Crippen molar-refractivity contribution in [2.45, 2.75) is 19.3 Å². The number of fused-ring (bicyclic) bond motifs is 1. The fraction of sp³-hybridized carbons (Fsp3) is 0.211. The van der Waals surface area contributed by atoms with E-state index in [-0.39, 0.29) is 23.9 Å². The van der Waals surface area contributed by atoms with Gasteiger partial charge in [0.2, 0.25) is 0 Å². The summed E-state index contributed by atoms with van der Waals surface area (Å²) in [5.74, 6) is 0.548. The second-order valence-corrected chi connectivity index (χ2v) is 7.18. The third-order valence-electron chi connectivity index (χ3n) is 3.70. The second kappa shape index (κ2) is 8.38. The SMILES string of the molecule is Cc1cccn2c(=O)cc(COC(=O)CSCc3cccc(Cl)c3)nc12. The van der Waals surface area contributed by atoms with Crippen molar-refractivity contribution < 1.29 is 9.53 Å². The molecule has 3 rings (SSSR count). The van der Waals surface area contributed by atoms with Gasteiger partial charge < -0.3 is 4.74 Å². The Morgan fingerprint density at radius 1 is 1.27 bits per heavy atom. The van der Waals surface area contributed by atoms with Gasteiger partial charge >= 0.3 is 5.97 Å². The average molecular weight is 389 g/mol. The molecule has 2 aromatic heterocycles. The van der Waals surface area contributed by atoms with Crippen molar-refractivity contribution in [2.24, 2.45) is 0 Å². The Balaban J connectivity index is 1.55. The standard InChI is InChI=1S/C19H17ClN2O3S/c1-13-4-3-7-22-17(23)9-16(21-19(13)22)10-25-18(24)12-26-11-14-5-2-6-15(20)8-14/h2-9H,10-12H2,1H3. The summed E-state index contributed by atoms with van der Waals surface area (Å²) in [7, 11) is 0. The van der Waals surface area contributed by atoms with Gasteiger partial charge in [-0.25, -0.2) is 4.98 Å². The Morgan fingerprint density at radius 2 is 2.12 bits per heavy atom. The molecule has 0 aliphatic carbocycles. The average Bonchev–Trinajstić information content (AvgIpc) is 2.61. The van der Waals surface area contributed by atoms with Gasteiger partial charge in [0.1, 0.15) is 12.3 Å². The molecule has 7 heteroatoms. The van der Waals surface area contributed by atoms with Crippen molar-refractivity contribution in [2.75, 3.05) is 5.75 Å². The molecule has 0 spiro atoms. The minimum Gasteiger partial charge on any atom is -0.459 e. The first-order chi connectivity index (χ1) is 12.5. The Labute approximate surface area is 160 Å². The highest BCUT2D eigenvalue weighted by molar-refractivity contribution is 7.99. The first-order valence-electron chi connectivity index (χ1n) is 7.98. The van der Waals surface area contributed by atoms with Crippen molar-refractivity contribution in [1.29, 1.82) is 0 Å². The summed E-state index contributed by atoms with van der Waals surface area (Å²) in [6, 6.07) is 12.6. The van der Waals surface area contributed by atoms with Gasteiger partial charge in [-0.2, -0.15) is 0 Å². The number of rotatable bonds is 6. The number of carbonyl (C=O) groups excluding carboxylic acids is 1. The van der Waals surface area contributed by atoms with Crippen LogP contribution in [-0.4, -0.2) is 21.1 Å². The molecule has 2 heterocycles. The number of aromatic nitrogens is 2. The normalized spacial score (nSPS) is 10.8. The first-order valence-corrected chi connectivity index (χ1v) is 9.52. The zero-order chi connectivity index (χ0) is 18.5. The second-order valence-electron chi connectivity index (χ2n) is 5.75. The van der Waals surface area contributed by atoms with E-state index in [1.54, 1.807) is 12.3 Å². The molecule has 0 bridgehead atoms. The monoisotopic (exact) mass is 388 g/mol. The zero-order valence-corrected chi connectivity index (χ0v) is 15.7. The molecule has 0 saturated heterocycles. The van der Waals surface area contributed by atoms with Crippen molar-refractivity contribution in [3.05, 3.63) is 80.9 Å². The number of esters is 1. The maximum atomic E-state index is 12.1. The van der Waals surface area contributed by atoms with Crippen LogP contribution in [0.2, 0.25) is 5.02 Å². The van der Waals surface area contributed by atoms with Gasteiger partial charge in [0.15, 0.2) is 0 Å². The molecule has 26 heavy (non-hydrogen) atoms. The molecule has 3 aromatic rings. The van der Waals surface area contributed by atoms with Crippen molar-refractivity contribution in [1.82, 2.24) is 9.38 Å². The molecular weight excluding hydrogens is 372 g/mol. The summed E-state index contributed by atoms with van der Waals surface area (Å²) in [6.45, 7) is 1.86.